The number of benzene rings is 2. The summed E-state index contributed by atoms with van der Waals surface area (Å²) in [7, 11) is -2.48. The first kappa shape index (κ1) is 23.9. The Hall–Kier alpha value is -2.71. The van der Waals surface area contributed by atoms with E-state index < -0.39 is 16.1 Å². The summed E-state index contributed by atoms with van der Waals surface area (Å²) >= 11 is 0. The predicted octanol–water partition coefficient (Wildman–Crippen LogP) is 3.61. The smallest absolute Gasteiger partial charge is 0.243 e. The second-order valence-electron chi connectivity index (χ2n) is 8.60. The maximum absolute atomic E-state index is 13.5. The van der Waals surface area contributed by atoms with Crippen molar-refractivity contribution < 1.29 is 18.0 Å². The lowest BCUT2D eigenvalue weighted by Crippen LogP contribution is -2.45. The topological polar surface area (TPSA) is 86.8 Å². The number of hydrogen-bond acceptors (Lipinski definition) is 4. The molecule has 7 nitrogen and oxygen atoms in total. The summed E-state index contributed by atoms with van der Waals surface area (Å²) in [6, 6.07) is 6.65. The Morgan fingerprint density at radius 2 is 1.56 bits per heavy atom. The molecule has 0 radical (unpaired) electrons. The molecule has 1 N–H and O–H groups in total. The van der Waals surface area contributed by atoms with Gasteiger partial charge in [-0.3, -0.25) is 9.59 Å². The Morgan fingerprint density at radius 1 is 1.03 bits per heavy atom. The third-order valence-electron chi connectivity index (χ3n) is 6.59. The van der Waals surface area contributed by atoms with Gasteiger partial charge in [-0.2, -0.15) is 4.31 Å². The van der Waals surface area contributed by atoms with Crippen LogP contribution in [-0.2, 0) is 19.6 Å². The number of hydrogen-bond donors (Lipinski definition) is 1. The van der Waals surface area contributed by atoms with Crippen LogP contribution in [0.25, 0.3) is 0 Å². The van der Waals surface area contributed by atoms with E-state index in [9.17, 15) is 18.0 Å². The average Bonchev–Trinajstić information content (AvgIpc) is 2.84. The quantitative estimate of drug-likeness (QED) is 0.760. The molecule has 2 aromatic rings. The zero-order valence-corrected chi connectivity index (χ0v) is 20.6. The summed E-state index contributed by atoms with van der Waals surface area (Å²) < 4.78 is 28.2. The molecular weight excluding hydrogens is 426 g/mol. The Morgan fingerprint density at radius 3 is 2.16 bits per heavy atom. The molecule has 1 aliphatic rings. The van der Waals surface area contributed by atoms with E-state index in [1.54, 1.807) is 31.2 Å². The van der Waals surface area contributed by atoms with Crippen molar-refractivity contribution in [3.8, 4) is 0 Å². The zero-order valence-electron chi connectivity index (χ0n) is 19.7. The lowest BCUT2D eigenvalue weighted by molar-refractivity contribution is -0.119. The van der Waals surface area contributed by atoms with Crippen molar-refractivity contribution in [2.75, 3.05) is 23.8 Å². The van der Waals surface area contributed by atoms with Gasteiger partial charge in [-0.15, -0.1) is 0 Å². The lowest BCUT2D eigenvalue weighted by atomic mass is 9.95. The Bertz CT molecular complexity index is 1170. The molecule has 0 saturated carbocycles. The molecule has 0 bridgehead atoms. The Balaban J connectivity index is 1.98. The van der Waals surface area contributed by atoms with Crippen LogP contribution in [0.3, 0.4) is 0 Å². The summed E-state index contributed by atoms with van der Waals surface area (Å²) in [4.78, 5) is 27.3. The third-order valence-corrected chi connectivity index (χ3v) is 8.66. The van der Waals surface area contributed by atoms with Crippen molar-refractivity contribution in [3.05, 3.63) is 52.1 Å². The SMILES string of the molecule is Cc1c(C)c(C)c(S(=O)(=O)N(C)CC(=O)N2c3ccccc3NC(=O)C[C@@H]2C)c(C)c1C. The maximum Gasteiger partial charge on any atom is 0.243 e. The molecule has 0 aliphatic carbocycles. The van der Waals surface area contributed by atoms with E-state index in [1.807, 2.05) is 34.6 Å². The summed E-state index contributed by atoms with van der Waals surface area (Å²) in [6.07, 6.45) is 0.130. The molecule has 1 atom stereocenters. The Kier molecular flexibility index (Phi) is 6.49. The number of rotatable bonds is 4. The normalized spacial score (nSPS) is 16.6. The van der Waals surface area contributed by atoms with E-state index in [4.69, 9.17) is 0 Å². The minimum atomic E-state index is -3.91. The van der Waals surface area contributed by atoms with Crippen LogP contribution in [-0.4, -0.2) is 44.2 Å². The van der Waals surface area contributed by atoms with E-state index >= 15 is 0 Å². The van der Waals surface area contributed by atoms with Crippen molar-refractivity contribution in [2.24, 2.45) is 0 Å². The zero-order chi connectivity index (χ0) is 24.0. The lowest BCUT2D eigenvalue weighted by Gasteiger charge is -2.30. The van der Waals surface area contributed by atoms with Gasteiger partial charge in [-0.1, -0.05) is 12.1 Å². The third kappa shape index (κ3) is 4.04. The molecule has 8 heteroatoms. The van der Waals surface area contributed by atoms with Crippen molar-refractivity contribution in [2.45, 2.75) is 58.9 Å². The van der Waals surface area contributed by atoms with Crippen LogP contribution in [0.5, 0.6) is 0 Å². The number of nitrogens with one attached hydrogen (secondary N) is 1. The number of sulfonamides is 1. The second kappa shape index (κ2) is 8.67. The van der Waals surface area contributed by atoms with Gasteiger partial charge < -0.3 is 10.2 Å². The van der Waals surface area contributed by atoms with Crippen molar-refractivity contribution in [1.82, 2.24) is 4.31 Å². The number of likely N-dealkylation sites (N-methyl/N-ethyl adjacent to an activating group) is 1. The molecular formula is C24H31N3O4S. The first-order valence-electron chi connectivity index (χ1n) is 10.6. The van der Waals surface area contributed by atoms with E-state index in [-0.39, 0.29) is 29.7 Å². The van der Waals surface area contributed by atoms with Gasteiger partial charge in [0.25, 0.3) is 0 Å². The average molecular weight is 458 g/mol. The number of fused-ring (bicyclic) bond motifs is 1. The fraction of sp³-hybridized carbons (Fsp3) is 0.417. The standard InChI is InChI=1S/C24H31N3O4S/c1-14-12-22(28)25-20-10-8-9-11-21(20)27(14)23(29)13-26(7)32(30,31)24-18(5)16(3)15(2)17(4)19(24)6/h8-11,14H,12-13H2,1-7H3,(H,25,28)/t14-/m0/s1. The van der Waals surface area contributed by atoms with E-state index in [0.717, 1.165) is 21.0 Å². The number of carbonyl (C=O) groups is 2. The first-order chi connectivity index (χ1) is 14.9. The van der Waals surface area contributed by atoms with Gasteiger partial charge in [-0.25, -0.2) is 8.42 Å². The van der Waals surface area contributed by atoms with Crippen LogP contribution in [0.15, 0.2) is 29.2 Å². The van der Waals surface area contributed by atoms with Gasteiger partial charge in [0.1, 0.15) is 0 Å². The van der Waals surface area contributed by atoms with E-state index in [0.29, 0.717) is 22.5 Å². The summed E-state index contributed by atoms with van der Waals surface area (Å²) in [5, 5.41) is 2.82. The van der Waals surface area contributed by atoms with Crippen molar-refractivity contribution >= 4 is 33.2 Å². The van der Waals surface area contributed by atoms with Crippen LogP contribution in [0.4, 0.5) is 11.4 Å². The van der Waals surface area contributed by atoms with Gasteiger partial charge in [0.15, 0.2) is 0 Å². The van der Waals surface area contributed by atoms with Crippen LogP contribution >= 0.6 is 0 Å². The van der Waals surface area contributed by atoms with Crippen LogP contribution in [0.1, 0.15) is 41.2 Å². The highest BCUT2D eigenvalue weighted by molar-refractivity contribution is 7.89. The number of amides is 2. The highest BCUT2D eigenvalue weighted by atomic mass is 32.2. The Labute approximate surface area is 190 Å². The molecule has 32 heavy (non-hydrogen) atoms. The van der Waals surface area contributed by atoms with Gasteiger partial charge in [-0.05, 0) is 81.5 Å². The number of carbonyl (C=O) groups excluding carboxylic acids is 2. The molecule has 0 unspecified atom stereocenters. The fourth-order valence-electron chi connectivity index (χ4n) is 4.33. The van der Waals surface area contributed by atoms with Crippen LogP contribution in [0.2, 0.25) is 0 Å². The monoisotopic (exact) mass is 457 g/mol. The minimum Gasteiger partial charge on any atom is -0.324 e. The number of anilines is 2. The largest absolute Gasteiger partial charge is 0.324 e. The van der Waals surface area contributed by atoms with Gasteiger partial charge >= 0.3 is 0 Å². The molecule has 172 valence electrons. The highest BCUT2D eigenvalue weighted by Crippen LogP contribution is 2.33. The van der Waals surface area contributed by atoms with Gasteiger partial charge in [0.2, 0.25) is 21.8 Å². The summed E-state index contributed by atoms with van der Waals surface area (Å²) in [6.45, 7) is 10.9. The predicted molar refractivity (Wildman–Crippen MR) is 127 cm³/mol. The second-order valence-corrected chi connectivity index (χ2v) is 10.6. The van der Waals surface area contributed by atoms with Gasteiger partial charge in [0.05, 0.1) is 22.8 Å². The fourth-order valence-corrected chi connectivity index (χ4v) is 6.00. The van der Waals surface area contributed by atoms with E-state index in [1.165, 1.54) is 11.9 Å². The molecule has 1 heterocycles. The number of nitrogens with zero attached hydrogens (tertiary/aromatic N) is 2. The highest BCUT2D eigenvalue weighted by Gasteiger charge is 2.34. The van der Waals surface area contributed by atoms with Crippen LogP contribution < -0.4 is 10.2 Å². The maximum atomic E-state index is 13.5. The molecule has 2 aromatic carbocycles. The molecule has 0 fully saturated rings. The number of para-hydroxylation sites is 2. The first-order valence-corrected chi connectivity index (χ1v) is 12.1. The molecule has 0 saturated heterocycles. The summed E-state index contributed by atoms with van der Waals surface area (Å²) in [5.41, 5.74) is 5.46. The van der Waals surface area contributed by atoms with Crippen molar-refractivity contribution in [1.29, 1.82) is 0 Å². The summed E-state index contributed by atoms with van der Waals surface area (Å²) in [5.74, 6) is -0.568. The molecule has 3 rings (SSSR count). The molecule has 0 aromatic heterocycles. The van der Waals surface area contributed by atoms with Crippen LogP contribution in [0, 0.1) is 34.6 Å². The van der Waals surface area contributed by atoms with Crippen molar-refractivity contribution in [3.63, 3.8) is 0 Å². The molecule has 1 aliphatic heterocycles. The van der Waals surface area contributed by atoms with Gasteiger partial charge in [0, 0.05) is 19.5 Å². The van der Waals surface area contributed by atoms with E-state index in [2.05, 4.69) is 5.32 Å². The minimum absolute atomic E-state index is 0.130. The molecule has 0 spiro atoms. The molecule has 2 amide bonds.